The number of nitrogens with one attached hydrogen (secondary N) is 1. The fourth-order valence-corrected chi connectivity index (χ4v) is 2.12. The maximum absolute atomic E-state index is 13.0. The lowest BCUT2D eigenvalue weighted by atomic mass is 10.1. The summed E-state index contributed by atoms with van der Waals surface area (Å²) in [7, 11) is 0. The minimum atomic E-state index is -0.153. The topological polar surface area (TPSA) is 15.3 Å². The van der Waals surface area contributed by atoms with Crippen LogP contribution in [0.2, 0.25) is 0 Å². The summed E-state index contributed by atoms with van der Waals surface area (Å²) < 4.78 is 13.0. The summed E-state index contributed by atoms with van der Waals surface area (Å²) in [6, 6.07) is 5.52. The van der Waals surface area contributed by atoms with Crippen LogP contribution in [0.25, 0.3) is 0 Å². The third-order valence-corrected chi connectivity index (χ3v) is 2.87. The van der Waals surface area contributed by atoms with Gasteiger partial charge in [0.25, 0.3) is 0 Å². The van der Waals surface area contributed by atoms with Crippen LogP contribution < -0.4 is 10.2 Å². The molecule has 1 aliphatic rings. The average molecular weight is 208 g/mol. The van der Waals surface area contributed by atoms with E-state index in [1.807, 2.05) is 13.0 Å². The van der Waals surface area contributed by atoms with E-state index >= 15 is 0 Å². The summed E-state index contributed by atoms with van der Waals surface area (Å²) >= 11 is 0. The Morgan fingerprint density at radius 3 is 2.93 bits per heavy atom. The number of nitrogens with zero attached hydrogens (tertiary/aromatic N) is 1. The predicted octanol–water partition coefficient (Wildman–Crippen LogP) is 1.93. The van der Waals surface area contributed by atoms with Crippen LogP contribution in [0.4, 0.5) is 10.1 Å². The molecule has 1 fully saturated rings. The van der Waals surface area contributed by atoms with Gasteiger partial charge in [-0.3, -0.25) is 0 Å². The molecule has 0 saturated carbocycles. The second kappa shape index (κ2) is 4.19. The SMILES string of the molecule is Cc1cc(F)ccc1N1CCN[C@@H](C)C1. The van der Waals surface area contributed by atoms with Crippen LogP contribution in [0.5, 0.6) is 0 Å². The van der Waals surface area contributed by atoms with Crippen LogP contribution in [0.3, 0.4) is 0 Å². The monoisotopic (exact) mass is 208 g/mol. The maximum Gasteiger partial charge on any atom is 0.123 e. The lowest BCUT2D eigenvalue weighted by Crippen LogP contribution is -2.49. The number of piperazine rings is 1. The first kappa shape index (κ1) is 10.4. The van der Waals surface area contributed by atoms with E-state index in [2.05, 4.69) is 17.1 Å². The molecule has 1 aliphatic heterocycles. The van der Waals surface area contributed by atoms with E-state index in [4.69, 9.17) is 0 Å². The molecule has 1 atom stereocenters. The number of benzene rings is 1. The lowest BCUT2D eigenvalue weighted by molar-refractivity contribution is 0.484. The van der Waals surface area contributed by atoms with E-state index in [1.165, 1.54) is 6.07 Å². The molecular weight excluding hydrogens is 191 g/mol. The lowest BCUT2D eigenvalue weighted by Gasteiger charge is -2.34. The third kappa shape index (κ3) is 2.29. The third-order valence-electron chi connectivity index (χ3n) is 2.87. The van der Waals surface area contributed by atoms with Crippen LogP contribution in [0.1, 0.15) is 12.5 Å². The molecule has 1 aromatic rings. The molecule has 1 saturated heterocycles. The molecule has 0 aromatic heterocycles. The van der Waals surface area contributed by atoms with Crippen LogP contribution in [-0.2, 0) is 0 Å². The van der Waals surface area contributed by atoms with Gasteiger partial charge in [-0.05, 0) is 37.6 Å². The highest BCUT2D eigenvalue weighted by Gasteiger charge is 2.17. The summed E-state index contributed by atoms with van der Waals surface area (Å²) in [6.45, 7) is 7.12. The Kier molecular flexibility index (Phi) is 2.91. The van der Waals surface area contributed by atoms with Gasteiger partial charge in [0, 0.05) is 31.4 Å². The smallest absolute Gasteiger partial charge is 0.123 e. The van der Waals surface area contributed by atoms with Crippen molar-refractivity contribution in [3.05, 3.63) is 29.6 Å². The standard InChI is InChI=1S/C12H17FN2/c1-9-7-11(13)3-4-12(9)15-6-5-14-10(2)8-15/h3-4,7,10,14H,5-6,8H2,1-2H3/t10-/m0/s1. The van der Waals surface area contributed by atoms with E-state index < -0.39 is 0 Å². The zero-order chi connectivity index (χ0) is 10.8. The van der Waals surface area contributed by atoms with Gasteiger partial charge in [0.15, 0.2) is 0 Å². The number of hydrogen-bond donors (Lipinski definition) is 1. The van der Waals surface area contributed by atoms with Gasteiger partial charge < -0.3 is 10.2 Å². The van der Waals surface area contributed by atoms with Gasteiger partial charge in [0.05, 0.1) is 0 Å². The Balaban J connectivity index is 2.21. The second-order valence-electron chi connectivity index (χ2n) is 4.23. The summed E-state index contributed by atoms with van der Waals surface area (Å²) in [6.07, 6.45) is 0. The predicted molar refractivity (Wildman–Crippen MR) is 60.8 cm³/mol. The average Bonchev–Trinajstić information content (AvgIpc) is 2.17. The van der Waals surface area contributed by atoms with Gasteiger partial charge in [-0.1, -0.05) is 0 Å². The van der Waals surface area contributed by atoms with Crippen molar-refractivity contribution in [2.24, 2.45) is 0 Å². The molecule has 0 unspecified atom stereocenters. The van der Waals surface area contributed by atoms with Crippen molar-refractivity contribution < 1.29 is 4.39 Å². The van der Waals surface area contributed by atoms with E-state index in [-0.39, 0.29) is 5.82 Å². The second-order valence-corrected chi connectivity index (χ2v) is 4.23. The highest BCUT2D eigenvalue weighted by molar-refractivity contribution is 5.53. The van der Waals surface area contributed by atoms with E-state index in [0.29, 0.717) is 6.04 Å². The van der Waals surface area contributed by atoms with Gasteiger partial charge >= 0.3 is 0 Å². The first-order valence-electron chi connectivity index (χ1n) is 5.41. The van der Waals surface area contributed by atoms with Crippen molar-refractivity contribution in [1.29, 1.82) is 0 Å². The molecule has 1 heterocycles. The van der Waals surface area contributed by atoms with Crippen LogP contribution >= 0.6 is 0 Å². The zero-order valence-electron chi connectivity index (χ0n) is 9.26. The quantitative estimate of drug-likeness (QED) is 0.758. The minimum Gasteiger partial charge on any atom is -0.368 e. The largest absolute Gasteiger partial charge is 0.368 e. The zero-order valence-corrected chi connectivity index (χ0v) is 9.26. The van der Waals surface area contributed by atoms with Crippen LogP contribution in [0, 0.1) is 12.7 Å². The summed E-state index contributed by atoms with van der Waals surface area (Å²) in [5, 5.41) is 3.40. The molecule has 82 valence electrons. The van der Waals surface area contributed by atoms with Crippen molar-refractivity contribution in [1.82, 2.24) is 5.32 Å². The molecule has 1 aromatic carbocycles. The van der Waals surface area contributed by atoms with E-state index in [0.717, 1.165) is 30.9 Å². The van der Waals surface area contributed by atoms with Crippen molar-refractivity contribution in [2.75, 3.05) is 24.5 Å². The first-order valence-corrected chi connectivity index (χ1v) is 5.41. The first-order chi connectivity index (χ1) is 7.16. The molecule has 0 amide bonds. The molecule has 1 N–H and O–H groups in total. The normalized spacial score (nSPS) is 21.8. The number of rotatable bonds is 1. The fourth-order valence-electron chi connectivity index (χ4n) is 2.12. The molecule has 0 radical (unpaired) electrons. The molecule has 0 bridgehead atoms. The fraction of sp³-hybridized carbons (Fsp3) is 0.500. The number of halogens is 1. The summed E-state index contributed by atoms with van der Waals surface area (Å²) in [4.78, 5) is 2.32. The van der Waals surface area contributed by atoms with E-state index in [9.17, 15) is 4.39 Å². The highest BCUT2D eigenvalue weighted by Crippen LogP contribution is 2.21. The molecule has 3 heteroatoms. The Morgan fingerprint density at radius 1 is 1.47 bits per heavy atom. The Bertz CT molecular complexity index is 351. The molecule has 2 nitrogen and oxygen atoms in total. The molecule has 2 rings (SSSR count). The summed E-state index contributed by atoms with van der Waals surface area (Å²) in [5.41, 5.74) is 2.17. The van der Waals surface area contributed by atoms with Crippen molar-refractivity contribution >= 4 is 5.69 Å². The van der Waals surface area contributed by atoms with Gasteiger partial charge in [0.2, 0.25) is 0 Å². The maximum atomic E-state index is 13.0. The number of anilines is 1. The van der Waals surface area contributed by atoms with E-state index in [1.54, 1.807) is 6.07 Å². The van der Waals surface area contributed by atoms with Gasteiger partial charge in [-0.15, -0.1) is 0 Å². The number of aryl methyl sites for hydroxylation is 1. The Morgan fingerprint density at radius 2 is 2.27 bits per heavy atom. The van der Waals surface area contributed by atoms with Crippen LogP contribution in [-0.4, -0.2) is 25.7 Å². The highest BCUT2D eigenvalue weighted by atomic mass is 19.1. The Hall–Kier alpha value is -1.09. The molecule has 0 spiro atoms. The Labute approximate surface area is 90.1 Å². The number of hydrogen-bond acceptors (Lipinski definition) is 2. The molecular formula is C12H17FN2. The van der Waals surface area contributed by atoms with Crippen molar-refractivity contribution in [3.63, 3.8) is 0 Å². The van der Waals surface area contributed by atoms with Gasteiger partial charge in [-0.2, -0.15) is 0 Å². The van der Waals surface area contributed by atoms with Gasteiger partial charge in [0.1, 0.15) is 5.82 Å². The molecule has 15 heavy (non-hydrogen) atoms. The summed E-state index contributed by atoms with van der Waals surface area (Å²) in [5.74, 6) is -0.153. The van der Waals surface area contributed by atoms with Gasteiger partial charge in [-0.25, -0.2) is 4.39 Å². The van der Waals surface area contributed by atoms with Crippen molar-refractivity contribution in [2.45, 2.75) is 19.9 Å². The minimum absolute atomic E-state index is 0.153. The van der Waals surface area contributed by atoms with Crippen LogP contribution in [0.15, 0.2) is 18.2 Å². The molecule has 0 aliphatic carbocycles. The van der Waals surface area contributed by atoms with Crippen molar-refractivity contribution in [3.8, 4) is 0 Å².